The molecule has 5 nitrogen and oxygen atoms in total. The lowest BCUT2D eigenvalue weighted by Gasteiger charge is -2.08. The van der Waals surface area contributed by atoms with Gasteiger partial charge in [-0.2, -0.15) is 0 Å². The molecule has 1 aromatic carbocycles. The molecular weight excluding hydrogens is 341 g/mol. The van der Waals surface area contributed by atoms with Crippen LogP contribution < -0.4 is 10.9 Å². The first-order valence-corrected chi connectivity index (χ1v) is 8.69. The Balaban J connectivity index is 1.74. The van der Waals surface area contributed by atoms with Crippen LogP contribution in [0.5, 0.6) is 0 Å². The average molecular weight is 359 g/mol. The van der Waals surface area contributed by atoms with Crippen molar-refractivity contribution in [2.24, 2.45) is 0 Å². The highest BCUT2D eigenvalue weighted by Gasteiger charge is 2.13. The van der Waals surface area contributed by atoms with Crippen LogP contribution in [-0.4, -0.2) is 15.5 Å². The number of rotatable bonds is 4. The van der Waals surface area contributed by atoms with Crippen LogP contribution in [0.3, 0.4) is 0 Å². The van der Waals surface area contributed by atoms with Crippen LogP contribution in [0.1, 0.15) is 22.4 Å². The summed E-state index contributed by atoms with van der Waals surface area (Å²) in [4.78, 5) is 30.7. The molecule has 2 aromatic heterocycles. The number of carbonyl (C=O) groups excluding carboxylic acids is 1. The Hall–Kier alpha value is -2.54. The monoisotopic (exact) mass is 359 g/mol. The molecule has 25 heavy (non-hydrogen) atoms. The summed E-state index contributed by atoms with van der Waals surface area (Å²) in [5.41, 5.74) is 1.70. The number of hydrogen-bond donors (Lipinski definition) is 1. The first kappa shape index (κ1) is 17.3. The molecule has 7 heteroatoms. The fraction of sp³-hybridized carbons (Fsp3) is 0.278. The predicted molar refractivity (Wildman–Crippen MR) is 97.7 cm³/mol. The Morgan fingerprint density at radius 3 is 2.80 bits per heavy atom. The van der Waals surface area contributed by atoms with Crippen molar-refractivity contribution in [2.75, 3.05) is 5.32 Å². The number of halogens is 1. The van der Waals surface area contributed by atoms with Gasteiger partial charge in [0.15, 0.2) is 0 Å². The number of fused-ring (bicyclic) bond motifs is 1. The van der Waals surface area contributed by atoms with Crippen molar-refractivity contribution in [3.63, 3.8) is 0 Å². The molecule has 0 aliphatic heterocycles. The molecule has 0 aliphatic carbocycles. The second kappa shape index (κ2) is 6.76. The lowest BCUT2D eigenvalue weighted by molar-refractivity contribution is -0.116. The molecule has 1 amide bonds. The Morgan fingerprint density at radius 1 is 1.32 bits per heavy atom. The van der Waals surface area contributed by atoms with Crippen molar-refractivity contribution in [2.45, 2.75) is 33.7 Å². The van der Waals surface area contributed by atoms with Crippen molar-refractivity contribution in [3.05, 3.63) is 56.7 Å². The molecule has 0 saturated heterocycles. The van der Waals surface area contributed by atoms with E-state index in [0.29, 0.717) is 10.2 Å². The number of nitrogens with one attached hydrogen (secondary N) is 1. The first-order valence-electron chi connectivity index (χ1n) is 7.88. The molecule has 3 aromatic rings. The Bertz CT molecular complexity index is 1020. The highest BCUT2D eigenvalue weighted by molar-refractivity contribution is 7.18. The molecule has 0 atom stereocenters. The van der Waals surface area contributed by atoms with E-state index in [0.717, 1.165) is 16.0 Å². The number of benzene rings is 1. The zero-order chi connectivity index (χ0) is 18.1. The lowest BCUT2D eigenvalue weighted by Crippen LogP contribution is -2.23. The topological polar surface area (TPSA) is 64.0 Å². The number of carbonyl (C=O) groups is 1. The fourth-order valence-corrected chi connectivity index (χ4v) is 3.57. The Morgan fingerprint density at radius 2 is 2.08 bits per heavy atom. The number of thiophene rings is 1. The summed E-state index contributed by atoms with van der Waals surface area (Å²) in [5, 5.41) is 3.14. The van der Waals surface area contributed by atoms with E-state index in [2.05, 4.69) is 10.3 Å². The highest BCUT2D eigenvalue weighted by atomic mass is 32.1. The molecule has 0 radical (unpaired) electrons. The van der Waals surface area contributed by atoms with Gasteiger partial charge in [0.2, 0.25) is 5.91 Å². The summed E-state index contributed by atoms with van der Waals surface area (Å²) >= 11 is 1.49. The van der Waals surface area contributed by atoms with Gasteiger partial charge in [-0.15, -0.1) is 11.3 Å². The minimum Gasteiger partial charge on any atom is -0.324 e. The van der Waals surface area contributed by atoms with Gasteiger partial charge < -0.3 is 5.32 Å². The molecule has 0 unspecified atom stereocenters. The summed E-state index contributed by atoms with van der Waals surface area (Å²) in [6.45, 7) is 5.82. The quantitative estimate of drug-likeness (QED) is 0.775. The number of aromatic nitrogens is 2. The molecule has 0 saturated carbocycles. The summed E-state index contributed by atoms with van der Waals surface area (Å²) in [7, 11) is 0. The van der Waals surface area contributed by atoms with Crippen LogP contribution in [0, 0.1) is 26.6 Å². The van der Waals surface area contributed by atoms with Crippen molar-refractivity contribution in [3.8, 4) is 0 Å². The van der Waals surface area contributed by atoms with Gasteiger partial charge >= 0.3 is 0 Å². The molecule has 0 spiro atoms. The molecular formula is C18H18FN3O2S. The number of aryl methyl sites for hydroxylation is 4. The van der Waals surface area contributed by atoms with E-state index in [1.165, 1.54) is 34.4 Å². The molecule has 3 rings (SSSR count). The molecule has 0 fully saturated rings. The van der Waals surface area contributed by atoms with Gasteiger partial charge in [-0.05, 0) is 44.0 Å². The van der Waals surface area contributed by atoms with Crippen molar-refractivity contribution >= 4 is 33.1 Å². The largest absolute Gasteiger partial charge is 0.324 e. The third-order valence-corrected chi connectivity index (χ3v) is 5.25. The van der Waals surface area contributed by atoms with E-state index >= 15 is 0 Å². The van der Waals surface area contributed by atoms with Gasteiger partial charge in [0.1, 0.15) is 10.6 Å². The second-order valence-corrected chi connectivity index (χ2v) is 7.19. The standard InChI is InChI=1S/C18H18FN3O2S/c1-10-4-5-14(13(19)8-10)21-15(23)6-7-22-9-20-17-16(18(22)24)11(2)12(3)25-17/h4-5,8-9H,6-7H2,1-3H3,(H,21,23). The molecule has 0 bridgehead atoms. The van der Waals surface area contributed by atoms with Crippen LogP contribution >= 0.6 is 11.3 Å². The maximum Gasteiger partial charge on any atom is 0.262 e. The summed E-state index contributed by atoms with van der Waals surface area (Å²) < 4.78 is 15.2. The minimum absolute atomic E-state index is 0.0581. The van der Waals surface area contributed by atoms with Gasteiger partial charge in [-0.3, -0.25) is 14.2 Å². The van der Waals surface area contributed by atoms with Gasteiger partial charge in [0, 0.05) is 17.8 Å². The molecule has 130 valence electrons. The minimum atomic E-state index is -0.474. The van der Waals surface area contributed by atoms with Crippen molar-refractivity contribution in [1.82, 2.24) is 9.55 Å². The van der Waals surface area contributed by atoms with Gasteiger partial charge in [0.05, 0.1) is 17.4 Å². The third-order valence-electron chi connectivity index (χ3n) is 4.13. The summed E-state index contributed by atoms with van der Waals surface area (Å²) in [6, 6.07) is 4.61. The fourth-order valence-electron chi connectivity index (χ4n) is 2.59. The maximum absolute atomic E-state index is 13.8. The third kappa shape index (κ3) is 3.46. The normalized spacial score (nSPS) is 11.0. The van der Waals surface area contributed by atoms with E-state index < -0.39 is 5.82 Å². The average Bonchev–Trinajstić information content (AvgIpc) is 2.85. The Labute approximate surface area is 148 Å². The van der Waals surface area contributed by atoms with Crippen molar-refractivity contribution < 1.29 is 9.18 Å². The number of amides is 1. The van der Waals surface area contributed by atoms with E-state index in [1.807, 2.05) is 13.8 Å². The number of anilines is 1. The van der Waals surface area contributed by atoms with E-state index in [-0.39, 0.29) is 30.1 Å². The van der Waals surface area contributed by atoms with Gasteiger partial charge in [0.25, 0.3) is 5.56 Å². The molecule has 1 N–H and O–H groups in total. The van der Waals surface area contributed by atoms with Crippen LogP contribution in [-0.2, 0) is 11.3 Å². The SMILES string of the molecule is Cc1ccc(NC(=O)CCn2cnc3sc(C)c(C)c3c2=O)c(F)c1. The summed E-state index contributed by atoms with van der Waals surface area (Å²) in [5.74, 6) is -0.828. The Kier molecular flexibility index (Phi) is 4.67. The predicted octanol–water partition coefficient (Wildman–Crippen LogP) is 3.55. The van der Waals surface area contributed by atoms with E-state index in [9.17, 15) is 14.0 Å². The smallest absolute Gasteiger partial charge is 0.262 e. The zero-order valence-corrected chi connectivity index (χ0v) is 15.0. The van der Waals surface area contributed by atoms with Crippen LogP contribution in [0.2, 0.25) is 0 Å². The van der Waals surface area contributed by atoms with Gasteiger partial charge in [-0.25, -0.2) is 9.37 Å². The number of nitrogens with zero attached hydrogens (tertiary/aromatic N) is 2. The molecule has 0 aliphatic rings. The summed E-state index contributed by atoms with van der Waals surface area (Å²) in [6.07, 6.45) is 1.52. The second-order valence-electron chi connectivity index (χ2n) is 5.99. The van der Waals surface area contributed by atoms with Crippen molar-refractivity contribution in [1.29, 1.82) is 0 Å². The molecule has 2 heterocycles. The van der Waals surface area contributed by atoms with Gasteiger partial charge in [-0.1, -0.05) is 6.07 Å². The first-order chi connectivity index (χ1) is 11.9. The van der Waals surface area contributed by atoms with Crippen LogP contribution in [0.15, 0.2) is 29.3 Å². The lowest BCUT2D eigenvalue weighted by atomic mass is 10.2. The zero-order valence-electron chi connectivity index (χ0n) is 14.2. The van der Waals surface area contributed by atoms with E-state index in [4.69, 9.17) is 0 Å². The van der Waals surface area contributed by atoms with Crippen LogP contribution in [0.25, 0.3) is 10.2 Å². The highest BCUT2D eigenvalue weighted by Crippen LogP contribution is 2.25. The van der Waals surface area contributed by atoms with Crippen LogP contribution in [0.4, 0.5) is 10.1 Å². The number of hydrogen-bond acceptors (Lipinski definition) is 4. The maximum atomic E-state index is 13.8. The van der Waals surface area contributed by atoms with E-state index in [1.54, 1.807) is 13.0 Å².